The zero-order valence-corrected chi connectivity index (χ0v) is 19.0. The van der Waals surface area contributed by atoms with E-state index in [1.54, 1.807) is 0 Å². The van der Waals surface area contributed by atoms with Crippen LogP contribution in [-0.2, 0) is 4.74 Å². The van der Waals surface area contributed by atoms with E-state index in [1.165, 1.54) is 32.6 Å². The Morgan fingerprint density at radius 2 is 1.81 bits per heavy atom. The molecular formula is C18H37IN6O. The number of morpholine rings is 1. The number of nitrogens with one attached hydrogen (secondary N) is 1. The number of piperazine rings is 1. The normalized spacial score (nSPS) is 28.0. The summed E-state index contributed by atoms with van der Waals surface area (Å²) >= 11 is 0. The monoisotopic (exact) mass is 480 g/mol. The van der Waals surface area contributed by atoms with Crippen molar-refractivity contribution in [1.82, 2.24) is 24.9 Å². The van der Waals surface area contributed by atoms with Gasteiger partial charge in [0, 0.05) is 78.0 Å². The molecule has 0 amide bonds. The van der Waals surface area contributed by atoms with Crippen molar-refractivity contribution in [2.24, 2.45) is 4.99 Å². The van der Waals surface area contributed by atoms with Gasteiger partial charge in [0.1, 0.15) is 0 Å². The van der Waals surface area contributed by atoms with E-state index in [2.05, 4.69) is 43.9 Å². The van der Waals surface area contributed by atoms with Crippen LogP contribution in [0.1, 0.15) is 13.3 Å². The van der Waals surface area contributed by atoms with E-state index in [9.17, 15) is 0 Å². The number of halogens is 1. The van der Waals surface area contributed by atoms with Crippen molar-refractivity contribution >= 4 is 29.9 Å². The molecule has 26 heavy (non-hydrogen) atoms. The Kier molecular flexibility index (Phi) is 9.36. The van der Waals surface area contributed by atoms with Crippen molar-refractivity contribution in [2.75, 3.05) is 86.2 Å². The fourth-order valence-corrected chi connectivity index (χ4v) is 4.14. The molecule has 0 spiro atoms. The van der Waals surface area contributed by atoms with Crippen LogP contribution >= 0.6 is 24.0 Å². The molecule has 0 aromatic carbocycles. The average molecular weight is 480 g/mol. The molecule has 3 rings (SSSR count). The molecule has 0 aromatic heterocycles. The first-order chi connectivity index (χ1) is 12.2. The number of rotatable bonds is 4. The summed E-state index contributed by atoms with van der Waals surface area (Å²) in [6.07, 6.45) is 1.23. The summed E-state index contributed by atoms with van der Waals surface area (Å²) in [5.41, 5.74) is 0. The molecule has 152 valence electrons. The van der Waals surface area contributed by atoms with E-state index < -0.39 is 0 Å². The van der Waals surface area contributed by atoms with Gasteiger partial charge in [-0.15, -0.1) is 24.0 Å². The number of nitrogens with zero attached hydrogens (tertiary/aromatic N) is 5. The highest BCUT2D eigenvalue weighted by molar-refractivity contribution is 14.0. The number of ether oxygens (including phenoxy) is 1. The first kappa shape index (κ1) is 22.1. The van der Waals surface area contributed by atoms with Crippen molar-refractivity contribution in [3.63, 3.8) is 0 Å². The minimum atomic E-state index is 0. The molecule has 3 aliphatic heterocycles. The Morgan fingerprint density at radius 3 is 2.46 bits per heavy atom. The molecule has 3 fully saturated rings. The fourth-order valence-electron chi connectivity index (χ4n) is 4.14. The second-order valence-corrected chi connectivity index (χ2v) is 7.65. The third kappa shape index (κ3) is 5.92. The minimum Gasteiger partial charge on any atom is -0.379 e. The van der Waals surface area contributed by atoms with E-state index in [4.69, 9.17) is 4.74 Å². The molecule has 0 aliphatic carbocycles. The van der Waals surface area contributed by atoms with Crippen LogP contribution in [0.25, 0.3) is 0 Å². The van der Waals surface area contributed by atoms with E-state index in [0.717, 1.165) is 51.9 Å². The van der Waals surface area contributed by atoms with Gasteiger partial charge in [-0.1, -0.05) is 0 Å². The van der Waals surface area contributed by atoms with Crippen molar-refractivity contribution in [1.29, 1.82) is 0 Å². The molecule has 8 heteroatoms. The number of aliphatic imine (C=N–C) groups is 1. The summed E-state index contributed by atoms with van der Waals surface area (Å²) in [6, 6.07) is 1.19. The van der Waals surface area contributed by atoms with Crippen LogP contribution < -0.4 is 5.32 Å². The quantitative estimate of drug-likeness (QED) is 0.353. The largest absolute Gasteiger partial charge is 0.379 e. The van der Waals surface area contributed by atoms with Crippen LogP contribution in [0.3, 0.4) is 0 Å². The summed E-state index contributed by atoms with van der Waals surface area (Å²) in [7, 11) is 4.12. The standard InChI is InChI=1S/C18H36N6O.HI/c1-16(22-8-6-21(3)7-9-22)14-20-18(19-2)24-5-4-17(15-24)23-10-12-25-13-11-23;/h16-17H,4-15H2,1-3H3,(H,19,20);1H. The summed E-state index contributed by atoms with van der Waals surface area (Å²) in [5, 5.41) is 3.62. The molecule has 0 aromatic rings. The lowest BCUT2D eigenvalue weighted by Gasteiger charge is -2.37. The van der Waals surface area contributed by atoms with Gasteiger partial charge < -0.3 is 19.9 Å². The van der Waals surface area contributed by atoms with Gasteiger partial charge in [-0.25, -0.2) is 0 Å². The first-order valence-corrected chi connectivity index (χ1v) is 9.87. The predicted molar refractivity (Wildman–Crippen MR) is 118 cm³/mol. The van der Waals surface area contributed by atoms with E-state index in [0.29, 0.717) is 12.1 Å². The Labute approximate surface area is 176 Å². The Balaban J connectivity index is 0.00000243. The average Bonchev–Trinajstić information content (AvgIpc) is 3.13. The number of hydrogen-bond acceptors (Lipinski definition) is 5. The van der Waals surface area contributed by atoms with Gasteiger partial charge in [0.15, 0.2) is 5.96 Å². The van der Waals surface area contributed by atoms with Crippen LogP contribution in [0.4, 0.5) is 0 Å². The molecule has 3 aliphatic rings. The van der Waals surface area contributed by atoms with Crippen LogP contribution in [0.15, 0.2) is 4.99 Å². The smallest absolute Gasteiger partial charge is 0.193 e. The topological polar surface area (TPSA) is 46.6 Å². The lowest BCUT2D eigenvalue weighted by atomic mass is 10.2. The van der Waals surface area contributed by atoms with Crippen molar-refractivity contribution in [3.05, 3.63) is 0 Å². The van der Waals surface area contributed by atoms with Crippen LogP contribution in [-0.4, -0.2) is 124 Å². The SMILES string of the molecule is CN=C(NCC(C)N1CCN(C)CC1)N1CCC(N2CCOCC2)C1.I. The number of guanidine groups is 1. The number of likely N-dealkylation sites (N-methyl/N-ethyl adjacent to an activating group) is 1. The van der Waals surface area contributed by atoms with Crippen molar-refractivity contribution in [2.45, 2.75) is 25.4 Å². The first-order valence-electron chi connectivity index (χ1n) is 9.87. The van der Waals surface area contributed by atoms with Gasteiger partial charge in [-0.3, -0.25) is 14.8 Å². The second-order valence-electron chi connectivity index (χ2n) is 7.65. The minimum absolute atomic E-state index is 0. The van der Waals surface area contributed by atoms with E-state index >= 15 is 0 Å². The fraction of sp³-hybridized carbons (Fsp3) is 0.944. The van der Waals surface area contributed by atoms with Crippen molar-refractivity contribution in [3.8, 4) is 0 Å². The molecule has 0 radical (unpaired) electrons. The predicted octanol–water partition coefficient (Wildman–Crippen LogP) is 0.222. The van der Waals surface area contributed by atoms with Crippen LogP contribution in [0.2, 0.25) is 0 Å². The maximum absolute atomic E-state index is 5.48. The molecule has 7 nitrogen and oxygen atoms in total. The Bertz CT molecular complexity index is 437. The molecular weight excluding hydrogens is 443 g/mol. The van der Waals surface area contributed by atoms with Crippen LogP contribution in [0, 0.1) is 0 Å². The lowest BCUT2D eigenvalue weighted by Crippen LogP contribution is -2.53. The highest BCUT2D eigenvalue weighted by Crippen LogP contribution is 2.17. The molecule has 2 atom stereocenters. The molecule has 2 unspecified atom stereocenters. The van der Waals surface area contributed by atoms with Gasteiger partial charge in [0.25, 0.3) is 0 Å². The van der Waals surface area contributed by atoms with Gasteiger partial charge in [-0.2, -0.15) is 0 Å². The zero-order valence-electron chi connectivity index (χ0n) is 16.7. The maximum atomic E-state index is 5.48. The molecule has 3 saturated heterocycles. The summed E-state index contributed by atoms with van der Waals surface area (Å²) in [5.74, 6) is 1.07. The highest BCUT2D eigenvalue weighted by atomic mass is 127. The van der Waals surface area contributed by atoms with E-state index in [-0.39, 0.29) is 24.0 Å². The van der Waals surface area contributed by atoms with Gasteiger partial charge >= 0.3 is 0 Å². The zero-order chi connectivity index (χ0) is 17.6. The van der Waals surface area contributed by atoms with Gasteiger partial charge in [0.05, 0.1) is 13.2 Å². The molecule has 3 heterocycles. The van der Waals surface area contributed by atoms with E-state index in [1.807, 2.05) is 7.05 Å². The second kappa shape index (κ2) is 11.0. The Morgan fingerprint density at radius 1 is 1.12 bits per heavy atom. The highest BCUT2D eigenvalue weighted by Gasteiger charge is 2.30. The molecule has 0 bridgehead atoms. The summed E-state index contributed by atoms with van der Waals surface area (Å²) < 4.78 is 5.48. The third-order valence-corrected chi connectivity index (χ3v) is 5.95. The van der Waals surface area contributed by atoms with Gasteiger partial charge in [-0.05, 0) is 20.4 Å². The molecule has 1 N–H and O–H groups in total. The lowest BCUT2D eigenvalue weighted by molar-refractivity contribution is 0.0194. The van der Waals surface area contributed by atoms with Crippen molar-refractivity contribution < 1.29 is 4.74 Å². The summed E-state index contributed by atoms with van der Waals surface area (Å²) in [4.78, 5) is 14.5. The number of hydrogen-bond donors (Lipinski definition) is 1. The summed E-state index contributed by atoms with van der Waals surface area (Å²) in [6.45, 7) is 14.1. The Hall–Kier alpha value is -0.160. The van der Waals surface area contributed by atoms with Crippen LogP contribution in [0.5, 0.6) is 0 Å². The van der Waals surface area contributed by atoms with Gasteiger partial charge in [0.2, 0.25) is 0 Å². The maximum Gasteiger partial charge on any atom is 0.193 e. The molecule has 0 saturated carbocycles. The third-order valence-electron chi connectivity index (χ3n) is 5.95. The number of likely N-dealkylation sites (tertiary alicyclic amines) is 1.